The molecule has 72 valence electrons. The molecule has 0 saturated carbocycles. The monoisotopic (exact) mass is 202 g/mol. The van der Waals surface area contributed by atoms with Gasteiger partial charge in [0.1, 0.15) is 0 Å². The molecule has 0 aliphatic rings. The molecule has 0 nitrogen and oxygen atoms in total. The molecule has 0 spiro atoms. The van der Waals surface area contributed by atoms with Gasteiger partial charge in [0.2, 0.25) is 0 Å². The number of rotatable bonds is 0. The van der Waals surface area contributed by atoms with E-state index in [0.717, 1.165) is 0 Å². The Hall–Kier alpha value is -1.13. The molecule has 1 atom stereocenters. The van der Waals surface area contributed by atoms with Gasteiger partial charge in [0.05, 0.1) is 0 Å². The van der Waals surface area contributed by atoms with Crippen molar-refractivity contribution in [2.75, 3.05) is 0 Å². The predicted molar refractivity (Wildman–Crippen MR) is 67.0 cm³/mol. The van der Waals surface area contributed by atoms with E-state index in [2.05, 4.69) is 40.4 Å². The van der Waals surface area contributed by atoms with E-state index in [0.29, 0.717) is 0 Å². The fraction of sp³-hybridized carbons (Fsp3) is 0.0769. The Morgan fingerprint density at radius 1 is 0.714 bits per heavy atom. The van der Waals surface area contributed by atoms with Crippen molar-refractivity contribution in [2.24, 2.45) is 0 Å². The van der Waals surface area contributed by atoms with Crippen LogP contribution >= 0.6 is 9.24 Å². The van der Waals surface area contributed by atoms with Crippen molar-refractivity contribution in [3.63, 3.8) is 0 Å². The van der Waals surface area contributed by atoms with Gasteiger partial charge in [-0.05, 0) is 12.2 Å². The van der Waals surface area contributed by atoms with Crippen LogP contribution in [0, 0.1) is 6.92 Å². The number of hydrogen-bond donors (Lipinski definition) is 0. The van der Waals surface area contributed by atoms with Gasteiger partial charge in [-0.1, -0.05) is 66.2 Å². The topological polar surface area (TPSA) is 0 Å². The molecule has 2 rings (SSSR count). The van der Waals surface area contributed by atoms with Crippen LogP contribution in [0.3, 0.4) is 0 Å². The average molecular weight is 202 g/mol. The summed E-state index contributed by atoms with van der Waals surface area (Å²) in [6.45, 7) is 2.09. The lowest BCUT2D eigenvalue weighted by Gasteiger charge is -1.89. The normalized spacial score (nSPS) is 8.71. The van der Waals surface area contributed by atoms with Gasteiger partial charge < -0.3 is 0 Å². The summed E-state index contributed by atoms with van der Waals surface area (Å²) >= 11 is 0. The second kappa shape index (κ2) is 6.34. The van der Waals surface area contributed by atoms with Crippen molar-refractivity contribution in [3.05, 3.63) is 66.2 Å². The third-order valence-electron chi connectivity index (χ3n) is 1.74. The Balaban J connectivity index is 0.000000146. The first-order valence-electron chi connectivity index (χ1n) is 4.61. The minimum absolute atomic E-state index is 1.25. The Morgan fingerprint density at radius 3 is 1.36 bits per heavy atom. The van der Waals surface area contributed by atoms with E-state index >= 15 is 0 Å². The van der Waals surface area contributed by atoms with Crippen LogP contribution in [-0.2, 0) is 0 Å². The quantitative estimate of drug-likeness (QED) is 0.575. The molecular formula is C13H15P. The zero-order valence-corrected chi connectivity index (χ0v) is 9.51. The van der Waals surface area contributed by atoms with E-state index in [-0.39, 0.29) is 0 Å². The summed E-state index contributed by atoms with van der Waals surface area (Å²) in [6, 6.07) is 20.4. The largest absolute Gasteiger partial charge is 0.106 e. The van der Waals surface area contributed by atoms with Crippen molar-refractivity contribution < 1.29 is 0 Å². The van der Waals surface area contributed by atoms with Crippen molar-refractivity contribution >= 4 is 14.5 Å². The molecule has 2 aromatic rings. The molecular weight excluding hydrogens is 187 g/mol. The molecule has 0 heterocycles. The van der Waals surface area contributed by atoms with E-state index in [1.54, 1.807) is 0 Å². The maximum Gasteiger partial charge on any atom is -0.0302 e. The summed E-state index contributed by atoms with van der Waals surface area (Å²) in [5, 5.41) is 1.25. The standard InChI is InChI=1S/C7H9P.C6H6/c1-6-2-4-7(8)5-3-6;1-2-4-6-5-3-1/h2-5H,8H2,1H3;1-6H. The van der Waals surface area contributed by atoms with Crippen molar-refractivity contribution in [3.8, 4) is 0 Å². The van der Waals surface area contributed by atoms with Crippen molar-refractivity contribution in [2.45, 2.75) is 6.92 Å². The van der Waals surface area contributed by atoms with E-state index < -0.39 is 0 Å². The molecule has 0 aliphatic carbocycles. The predicted octanol–water partition coefficient (Wildman–Crippen LogP) is 3.18. The molecule has 0 bridgehead atoms. The molecule has 0 N–H and O–H groups in total. The van der Waals surface area contributed by atoms with Crippen LogP contribution < -0.4 is 5.30 Å². The molecule has 0 fully saturated rings. The highest BCUT2D eigenvalue weighted by atomic mass is 31.0. The van der Waals surface area contributed by atoms with Gasteiger partial charge in [0, 0.05) is 0 Å². The zero-order chi connectivity index (χ0) is 10.2. The zero-order valence-electron chi connectivity index (χ0n) is 8.35. The molecule has 1 heteroatoms. The third kappa shape index (κ3) is 4.79. The van der Waals surface area contributed by atoms with Gasteiger partial charge in [-0.25, -0.2) is 0 Å². The molecule has 14 heavy (non-hydrogen) atoms. The van der Waals surface area contributed by atoms with Gasteiger partial charge in [-0.3, -0.25) is 0 Å². The van der Waals surface area contributed by atoms with E-state index in [9.17, 15) is 0 Å². The fourth-order valence-electron chi connectivity index (χ4n) is 0.951. The van der Waals surface area contributed by atoms with Crippen LogP contribution in [0.15, 0.2) is 60.7 Å². The summed E-state index contributed by atoms with van der Waals surface area (Å²) in [4.78, 5) is 0. The lowest BCUT2D eigenvalue weighted by molar-refractivity contribution is 1.49. The minimum atomic E-state index is 1.25. The summed E-state index contributed by atoms with van der Waals surface area (Å²) in [5.74, 6) is 0. The summed E-state index contributed by atoms with van der Waals surface area (Å²) in [7, 11) is 2.65. The SMILES string of the molecule is Cc1ccc(P)cc1.c1ccccc1. The minimum Gasteiger partial charge on any atom is -0.106 e. The first-order chi connectivity index (χ1) is 6.79. The van der Waals surface area contributed by atoms with Crippen LogP contribution in [0.2, 0.25) is 0 Å². The van der Waals surface area contributed by atoms with Gasteiger partial charge in [-0.2, -0.15) is 0 Å². The second-order valence-electron chi connectivity index (χ2n) is 3.07. The smallest absolute Gasteiger partial charge is 0.0302 e. The molecule has 0 aliphatic heterocycles. The van der Waals surface area contributed by atoms with E-state index in [4.69, 9.17) is 0 Å². The highest BCUT2D eigenvalue weighted by molar-refractivity contribution is 7.27. The Morgan fingerprint density at radius 2 is 1.07 bits per heavy atom. The Kier molecular flexibility index (Phi) is 4.96. The second-order valence-corrected chi connectivity index (χ2v) is 3.73. The van der Waals surface area contributed by atoms with Crippen LogP contribution in [0.25, 0.3) is 0 Å². The Bertz CT molecular complexity index is 290. The van der Waals surface area contributed by atoms with Crippen LogP contribution in [-0.4, -0.2) is 0 Å². The molecule has 1 unspecified atom stereocenters. The molecule has 0 saturated heterocycles. The molecule has 0 amide bonds. The van der Waals surface area contributed by atoms with Gasteiger partial charge in [0.25, 0.3) is 0 Å². The fourth-order valence-corrected chi connectivity index (χ4v) is 1.14. The lowest BCUT2D eigenvalue weighted by atomic mass is 10.2. The average Bonchev–Trinajstić information content (AvgIpc) is 2.26. The summed E-state index contributed by atoms with van der Waals surface area (Å²) in [6.07, 6.45) is 0. The number of aryl methyl sites for hydroxylation is 1. The number of hydrogen-bond acceptors (Lipinski definition) is 0. The van der Waals surface area contributed by atoms with Gasteiger partial charge >= 0.3 is 0 Å². The first kappa shape index (κ1) is 10.9. The van der Waals surface area contributed by atoms with Crippen LogP contribution in [0.1, 0.15) is 5.56 Å². The van der Waals surface area contributed by atoms with Crippen molar-refractivity contribution in [1.82, 2.24) is 0 Å². The van der Waals surface area contributed by atoms with Gasteiger partial charge in [-0.15, -0.1) is 9.24 Å². The maximum atomic E-state index is 2.65. The van der Waals surface area contributed by atoms with E-state index in [1.807, 2.05) is 36.4 Å². The first-order valence-corrected chi connectivity index (χ1v) is 5.19. The summed E-state index contributed by atoms with van der Waals surface area (Å²) < 4.78 is 0. The van der Waals surface area contributed by atoms with Crippen LogP contribution in [0.5, 0.6) is 0 Å². The Labute approximate surface area is 88.2 Å². The molecule has 0 aromatic heterocycles. The molecule has 2 aromatic carbocycles. The maximum absolute atomic E-state index is 2.65. The third-order valence-corrected chi connectivity index (χ3v) is 2.13. The van der Waals surface area contributed by atoms with Gasteiger partial charge in [0.15, 0.2) is 0 Å². The number of benzene rings is 2. The molecule has 0 radical (unpaired) electrons. The van der Waals surface area contributed by atoms with Crippen LogP contribution in [0.4, 0.5) is 0 Å². The summed E-state index contributed by atoms with van der Waals surface area (Å²) in [5.41, 5.74) is 1.32. The van der Waals surface area contributed by atoms with E-state index in [1.165, 1.54) is 10.9 Å². The van der Waals surface area contributed by atoms with Crippen molar-refractivity contribution in [1.29, 1.82) is 0 Å². The highest BCUT2D eigenvalue weighted by Crippen LogP contribution is 1.94. The lowest BCUT2D eigenvalue weighted by Crippen LogP contribution is -1.85. The highest BCUT2D eigenvalue weighted by Gasteiger charge is 1.79.